The molecule has 1 spiro atoms. The highest BCUT2D eigenvalue weighted by atomic mass is 35.5. The maximum atomic E-state index is 12.7. The van der Waals surface area contributed by atoms with E-state index < -0.39 is 0 Å². The second-order valence-electron chi connectivity index (χ2n) is 7.40. The smallest absolute Gasteiger partial charge is 0.228 e. The summed E-state index contributed by atoms with van der Waals surface area (Å²) in [5, 5.41) is 7.26. The lowest BCUT2D eigenvalue weighted by molar-refractivity contribution is -0.118. The Hall–Kier alpha value is -1.55. The molecular weight excluding hydrogens is 367 g/mol. The van der Waals surface area contributed by atoms with Crippen molar-refractivity contribution in [1.82, 2.24) is 5.32 Å². The summed E-state index contributed by atoms with van der Waals surface area (Å²) >= 11 is 6.09. The Kier molecular flexibility index (Phi) is 5.61. The molecule has 1 atom stereocenters. The van der Waals surface area contributed by atoms with Crippen LogP contribution in [0.1, 0.15) is 24.8 Å². The van der Waals surface area contributed by atoms with Crippen molar-refractivity contribution < 1.29 is 4.79 Å². The van der Waals surface area contributed by atoms with Crippen molar-refractivity contribution in [1.29, 1.82) is 0 Å². The van der Waals surface area contributed by atoms with Gasteiger partial charge in [-0.2, -0.15) is 0 Å². The van der Waals surface area contributed by atoms with Gasteiger partial charge in [-0.05, 0) is 85.6 Å². The van der Waals surface area contributed by atoms with E-state index in [1.165, 1.54) is 0 Å². The number of halogens is 2. The number of carbonyl (C=O) groups excluding carboxylic acids is 1. The van der Waals surface area contributed by atoms with Crippen LogP contribution in [0.5, 0.6) is 0 Å². The van der Waals surface area contributed by atoms with Crippen molar-refractivity contribution in [2.45, 2.75) is 26.2 Å². The summed E-state index contributed by atoms with van der Waals surface area (Å²) in [6.07, 6.45) is 3.29. The first kappa shape index (κ1) is 19.2. The molecule has 2 aliphatic rings. The van der Waals surface area contributed by atoms with Crippen LogP contribution in [0.4, 0.5) is 5.69 Å². The third-order valence-corrected chi connectivity index (χ3v) is 5.98. The highest BCUT2D eigenvalue weighted by molar-refractivity contribution is 6.30. The molecule has 1 saturated carbocycles. The van der Waals surface area contributed by atoms with Crippen molar-refractivity contribution in [3.8, 4) is 11.1 Å². The summed E-state index contributed by atoms with van der Waals surface area (Å²) in [6, 6.07) is 14.0. The normalized spacial score (nSPS) is 20.3. The van der Waals surface area contributed by atoms with Gasteiger partial charge in [-0.15, -0.1) is 12.4 Å². The molecule has 2 fully saturated rings. The molecule has 0 bridgehead atoms. The van der Waals surface area contributed by atoms with E-state index in [4.69, 9.17) is 11.6 Å². The Morgan fingerprint density at radius 3 is 2.58 bits per heavy atom. The summed E-state index contributed by atoms with van der Waals surface area (Å²) in [5.74, 6) is 0.363. The predicted octanol–water partition coefficient (Wildman–Crippen LogP) is 5.07. The van der Waals surface area contributed by atoms with Gasteiger partial charge in [-0.25, -0.2) is 0 Å². The van der Waals surface area contributed by atoms with Crippen LogP contribution in [-0.4, -0.2) is 19.0 Å². The van der Waals surface area contributed by atoms with Crippen LogP contribution in [0.2, 0.25) is 5.02 Å². The van der Waals surface area contributed by atoms with Gasteiger partial charge in [0.15, 0.2) is 0 Å². The van der Waals surface area contributed by atoms with Crippen LogP contribution in [0.3, 0.4) is 0 Å². The van der Waals surface area contributed by atoms with Gasteiger partial charge in [0.25, 0.3) is 0 Å². The minimum Gasteiger partial charge on any atom is -0.326 e. The summed E-state index contributed by atoms with van der Waals surface area (Å²) in [4.78, 5) is 12.7. The largest absolute Gasteiger partial charge is 0.326 e. The van der Waals surface area contributed by atoms with Gasteiger partial charge in [0.05, 0.1) is 0 Å². The molecule has 2 N–H and O–H groups in total. The van der Waals surface area contributed by atoms with E-state index in [2.05, 4.69) is 16.7 Å². The molecule has 26 heavy (non-hydrogen) atoms. The van der Waals surface area contributed by atoms with E-state index in [1.807, 2.05) is 43.3 Å². The standard InChI is InChI=1S/C21H23ClN2O.ClH/c1-14-11-16(15-3-2-4-17(22)12-15)5-6-19(14)24-20(25)18-13-21(18)7-9-23-10-8-21;/h2-6,11-12,18,23H,7-10,13H2,1H3,(H,24,25);1H. The number of carbonyl (C=O) groups is 1. The number of hydrogen-bond acceptors (Lipinski definition) is 2. The lowest BCUT2D eigenvalue weighted by atomic mass is 9.91. The second kappa shape index (κ2) is 7.59. The predicted molar refractivity (Wildman–Crippen MR) is 110 cm³/mol. The Morgan fingerprint density at radius 1 is 1.15 bits per heavy atom. The molecule has 5 heteroatoms. The number of anilines is 1. The van der Waals surface area contributed by atoms with Crippen molar-refractivity contribution >= 4 is 35.6 Å². The average Bonchev–Trinajstić information content (AvgIpc) is 3.30. The van der Waals surface area contributed by atoms with Crippen LogP contribution in [-0.2, 0) is 4.79 Å². The van der Waals surface area contributed by atoms with Crippen molar-refractivity contribution in [2.75, 3.05) is 18.4 Å². The number of nitrogens with one attached hydrogen (secondary N) is 2. The quantitative estimate of drug-likeness (QED) is 0.768. The first-order valence-corrected chi connectivity index (χ1v) is 9.33. The molecule has 3 nitrogen and oxygen atoms in total. The molecule has 1 aliphatic heterocycles. The zero-order valence-electron chi connectivity index (χ0n) is 14.8. The van der Waals surface area contributed by atoms with Gasteiger partial charge >= 0.3 is 0 Å². The second-order valence-corrected chi connectivity index (χ2v) is 7.83. The van der Waals surface area contributed by atoms with Gasteiger partial charge < -0.3 is 10.6 Å². The monoisotopic (exact) mass is 390 g/mol. The third-order valence-electron chi connectivity index (χ3n) is 5.75. The Labute approximate surface area is 165 Å². The van der Waals surface area contributed by atoms with Gasteiger partial charge in [-0.3, -0.25) is 4.79 Å². The van der Waals surface area contributed by atoms with E-state index in [0.717, 1.165) is 59.8 Å². The van der Waals surface area contributed by atoms with E-state index in [0.29, 0.717) is 0 Å². The summed E-state index contributed by atoms with van der Waals surface area (Å²) in [6.45, 7) is 4.12. The van der Waals surface area contributed by atoms with E-state index >= 15 is 0 Å². The summed E-state index contributed by atoms with van der Waals surface area (Å²) < 4.78 is 0. The number of amides is 1. The number of hydrogen-bond donors (Lipinski definition) is 2. The van der Waals surface area contributed by atoms with Gasteiger partial charge in [0, 0.05) is 16.6 Å². The zero-order chi connectivity index (χ0) is 17.4. The number of piperidine rings is 1. The highest BCUT2D eigenvalue weighted by Gasteiger charge is 2.57. The van der Waals surface area contributed by atoms with Crippen LogP contribution >= 0.6 is 24.0 Å². The summed E-state index contributed by atoms with van der Waals surface area (Å²) in [7, 11) is 0. The fourth-order valence-corrected chi connectivity index (χ4v) is 4.26. The molecule has 1 amide bonds. The molecule has 1 aliphatic carbocycles. The van der Waals surface area contributed by atoms with Crippen LogP contribution < -0.4 is 10.6 Å². The zero-order valence-corrected chi connectivity index (χ0v) is 16.4. The molecule has 0 aromatic heterocycles. The first-order chi connectivity index (χ1) is 12.1. The van der Waals surface area contributed by atoms with E-state index in [-0.39, 0.29) is 29.6 Å². The fraction of sp³-hybridized carbons (Fsp3) is 0.381. The van der Waals surface area contributed by atoms with Crippen molar-refractivity contribution in [2.24, 2.45) is 11.3 Å². The topological polar surface area (TPSA) is 41.1 Å². The van der Waals surface area contributed by atoms with E-state index in [9.17, 15) is 4.79 Å². The minimum absolute atomic E-state index is 0. The Balaban J connectivity index is 0.00000196. The molecule has 1 unspecified atom stereocenters. The number of aryl methyl sites for hydroxylation is 1. The Bertz CT molecular complexity index is 815. The maximum absolute atomic E-state index is 12.7. The van der Waals surface area contributed by atoms with Crippen LogP contribution in [0, 0.1) is 18.3 Å². The SMILES string of the molecule is Cc1cc(-c2cccc(Cl)c2)ccc1NC(=O)C1CC12CCNCC2.Cl. The first-order valence-electron chi connectivity index (χ1n) is 8.96. The fourth-order valence-electron chi connectivity index (χ4n) is 4.07. The highest BCUT2D eigenvalue weighted by Crippen LogP contribution is 2.58. The molecule has 2 aromatic carbocycles. The molecule has 138 valence electrons. The van der Waals surface area contributed by atoms with Crippen LogP contribution in [0.15, 0.2) is 42.5 Å². The lowest BCUT2D eigenvalue weighted by Crippen LogP contribution is -2.31. The average molecular weight is 391 g/mol. The molecular formula is C21H24Cl2N2O. The summed E-state index contributed by atoms with van der Waals surface area (Å²) in [5.41, 5.74) is 4.45. The maximum Gasteiger partial charge on any atom is 0.228 e. The molecule has 4 rings (SSSR count). The molecule has 2 aromatic rings. The van der Waals surface area contributed by atoms with Crippen molar-refractivity contribution in [3.63, 3.8) is 0 Å². The minimum atomic E-state index is 0. The van der Waals surface area contributed by atoms with Gasteiger partial charge in [0.2, 0.25) is 5.91 Å². The Morgan fingerprint density at radius 2 is 1.88 bits per heavy atom. The third kappa shape index (κ3) is 3.75. The molecule has 1 heterocycles. The van der Waals surface area contributed by atoms with E-state index in [1.54, 1.807) is 0 Å². The lowest BCUT2D eigenvalue weighted by Gasteiger charge is -2.23. The number of rotatable bonds is 3. The van der Waals surface area contributed by atoms with Gasteiger partial charge in [0.1, 0.15) is 0 Å². The van der Waals surface area contributed by atoms with Gasteiger partial charge in [-0.1, -0.05) is 29.8 Å². The van der Waals surface area contributed by atoms with Crippen molar-refractivity contribution in [3.05, 3.63) is 53.1 Å². The molecule has 1 saturated heterocycles. The number of benzene rings is 2. The van der Waals surface area contributed by atoms with Crippen LogP contribution in [0.25, 0.3) is 11.1 Å². The molecule has 0 radical (unpaired) electrons.